The summed E-state index contributed by atoms with van der Waals surface area (Å²) in [6.07, 6.45) is 3.95. The number of rotatable bonds is 1. The summed E-state index contributed by atoms with van der Waals surface area (Å²) in [6.45, 7) is 6.11. The summed E-state index contributed by atoms with van der Waals surface area (Å²) >= 11 is 0. The Bertz CT molecular complexity index is 74.0. The van der Waals surface area contributed by atoms with Gasteiger partial charge in [-0.05, 0) is 18.8 Å². The molecule has 0 aromatic carbocycles. The Kier molecular flexibility index (Phi) is 1.18. The normalized spacial score (nSPS) is 22.1. The van der Waals surface area contributed by atoms with Gasteiger partial charge in [0.05, 0.1) is 0 Å². The minimum absolute atomic E-state index is 0.993. The van der Waals surface area contributed by atoms with Gasteiger partial charge in [-0.2, -0.15) is 0 Å². The molecule has 0 heterocycles. The van der Waals surface area contributed by atoms with Crippen LogP contribution in [0, 0.1) is 5.92 Å². The Hall–Kier alpha value is -0.260. The molecule has 7 heavy (non-hydrogen) atoms. The van der Waals surface area contributed by atoms with Crippen LogP contribution >= 0.6 is 0 Å². The fraction of sp³-hybridized carbons (Fsp3) is 0.714. The molecule has 1 aliphatic rings. The predicted molar refractivity (Wildman–Crippen MR) is 32.2 cm³/mol. The molecule has 0 bridgehead atoms. The minimum atomic E-state index is 0.993. The number of allylic oxidation sites excluding steroid dienone is 1. The van der Waals surface area contributed by atoms with E-state index in [0.717, 1.165) is 5.92 Å². The molecular formula is C7H12. The number of hydrogen-bond donors (Lipinski definition) is 0. The van der Waals surface area contributed by atoms with Crippen molar-refractivity contribution in [3.8, 4) is 0 Å². The Morgan fingerprint density at radius 2 is 2.29 bits per heavy atom. The minimum Gasteiger partial charge on any atom is -0.0998 e. The first-order chi connectivity index (χ1) is 3.33. The zero-order valence-corrected chi connectivity index (χ0v) is 4.91. The molecule has 0 aromatic rings. The van der Waals surface area contributed by atoms with Crippen molar-refractivity contribution in [3.05, 3.63) is 12.2 Å². The quantitative estimate of drug-likeness (QED) is 0.439. The zero-order chi connectivity index (χ0) is 5.28. The highest BCUT2D eigenvalue weighted by Gasteiger charge is 2.18. The zero-order valence-electron chi connectivity index (χ0n) is 4.91. The van der Waals surface area contributed by atoms with Crippen LogP contribution in [0.3, 0.4) is 0 Å². The average Bonchev–Trinajstić information content (AvgIpc) is 1.58. The Labute approximate surface area is 45.2 Å². The topological polar surface area (TPSA) is 0 Å². The highest BCUT2D eigenvalue weighted by molar-refractivity contribution is 5.06. The summed E-state index contributed by atoms with van der Waals surface area (Å²) in [5, 5.41) is 0. The first-order valence-electron chi connectivity index (χ1n) is 2.99. The van der Waals surface area contributed by atoms with Gasteiger partial charge in [-0.1, -0.05) is 25.5 Å². The molecule has 0 saturated heterocycles. The van der Waals surface area contributed by atoms with Crippen LogP contribution in [0.25, 0.3) is 0 Å². The van der Waals surface area contributed by atoms with Gasteiger partial charge >= 0.3 is 0 Å². The van der Waals surface area contributed by atoms with Crippen LogP contribution in [0.5, 0.6) is 0 Å². The van der Waals surface area contributed by atoms with Crippen LogP contribution in [-0.2, 0) is 0 Å². The van der Waals surface area contributed by atoms with Crippen LogP contribution in [0.15, 0.2) is 12.2 Å². The molecule has 1 saturated carbocycles. The third-order valence-electron chi connectivity index (χ3n) is 1.73. The van der Waals surface area contributed by atoms with Crippen molar-refractivity contribution in [3.63, 3.8) is 0 Å². The second kappa shape index (κ2) is 1.69. The number of hydrogen-bond acceptors (Lipinski definition) is 0. The summed E-state index contributed by atoms with van der Waals surface area (Å²) in [5.41, 5.74) is 1.45. The summed E-state index contributed by atoms with van der Waals surface area (Å²) in [7, 11) is 0. The monoisotopic (exact) mass is 96.1 g/mol. The summed E-state index contributed by atoms with van der Waals surface area (Å²) < 4.78 is 0. The Morgan fingerprint density at radius 3 is 2.43 bits per heavy atom. The molecule has 1 rings (SSSR count). The third-order valence-corrected chi connectivity index (χ3v) is 1.73. The van der Waals surface area contributed by atoms with E-state index in [1.54, 1.807) is 0 Å². The lowest BCUT2D eigenvalue weighted by Gasteiger charge is -2.26. The molecule has 0 radical (unpaired) electrons. The molecule has 0 heteroatoms. The molecular weight excluding hydrogens is 84.1 g/mol. The molecule has 0 aromatic heterocycles. The smallest absolute Gasteiger partial charge is 0.0291 e. The molecule has 0 amide bonds. The molecule has 0 unspecified atom stereocenters. The second-order valence-corrected chi connectivity index (χ2v) is 2.43. The fourth-order valence-corrected chi connectivity index (χ4v) is 1.05. The first-order valence-corrected chi connectivity index (χ1v) is 2.99. The Balaban J connectivity index is 2.17. The highest BCUT2D eigenvalue weighted by atomic mass is 14.2. The van der Waals surface area contributed by atoms with Gasteiger partial charge in [0, 0.05) is 0 Å². The predicted octanol–water partition coefficient (Wildman–Crippen LogP) is 2.36. The summed E-state index contributed by atoms with van der Waals surface area (Å²) in [4.78, 5) is 0. The fourth-order valence-electron chi connectivity index (χ4n) is 1.05. The van der Waals surface area contributed by atoms with E-state index in [-0.39, 0.29) is 0 Å². The molecule has 1 aliphatic carbocycles. The standard InChI is InChI=1S/C7H12/c1-3-7-4-6(2)5-7/h7H,2-5H2,1H3. The largest absolute Gasteiger partial charge is 0.0998 e. The van der Waals surface area contributed by atoms with Crippen molar-refractivity contribution in [2.24, 2.45) is 5.92 Å². The molecule has 0 nitrogen and oxygen atoms in total. The van der Waals surface area contributed by atoms with Gasteiger partial charge in [0.15, 0.2) is 0 Å². The van der Waals surface area contributed by atoms with E-state index in [9.17, 15) is 0 Å². The van der Waals surface area contributed by atoms with Gasteiger partial charge in [-0.25, -0.2) is 0 Å². The molecule has 1 fully saturated rings. The van der Waals surface area contributed by atoms with E-state index >= 15 is 0 Å². The Morgan fingerprint density at radius 1 is 1.71 bits per heavy atom. The van der Waals surface area contributed by atoms with Crippen molar-refractivity contribution in [1.29, 1.82) is 0 Å². The van der Waals surface area contributed by atoms with Crippen LogP contribution in [0.4, 0.5) is 0 Å². The van der Waals surface area contributed by atoms with Crippen molar-refractivity contribution >= 4 is 0 Å². The highest BCUT2D eigenvalue weighted by Crippen LogP contribution is 2.33. The van der Waals surface area contributed by atoms with E-state index in [4.69, 9.17) is 0 Å². The van der Waals surface area contributed by atoms with Crippen molar-refractivity contribution in [2.45, 2.75) is 26.2 Å². The van der Waals surface area contributed by atoms with Gasteiger partial charge < -0.3 is 0 Å². The van der Waals surface area contributed by atoms with Crippen LogP contribution in [0.2, 0.25) is 0 Å². The third kappa shape index (κ3) is 0.846. The van der Waals surface area contributed by atoms with Gasteiger partial charge in [0.25, 0.3) is 0 Å². The summed E-state index contributed by atoms with van der Waals surface area (Å²) in [5.74, 6) is 0.993. The van der Waals surface area contributed by atoms with Crippen molar-refractivity contribution in [1.82, 2.24) is 0 Å². The maximum absolute atomic E-state index is 3.86. The lowest BCUT2D eigenvalue weighted by atomic mass is 9.80. The van der Waals surface area contributed by atoms with Crippen molar-refractivity contribution in [2.75, 3.05) is 0 Å². The van der Waals surface area contributed by atoms with E-state index in [2.05, 4.69) is 13.5 Å². The molecule has 0 N–H and O–H groups in total. The summed E-state index contributed by atoms with van der Waals surface area (Å²) in [6, 6.07) is 0. The van der Waals surface area contributed by atoms with E-state index in [1.165, 1.54) is 24.8 Å². The van der Waals surface area contributed by atoms with Gasteiger partial charge in [-0.15, -0.1) is 0 Å². The van der Waals surface area contributed by atoms with Crippen LogP contribution in [0.1, 0.15) is 26.2 Å². The van der Waals surface area contributed by atoms with Gasteiger partial charge in [0.1, 0.15) is 0 Å². The lowest BCUT2D eigenvalue weighted by molar-refractivity contribution is 0.407. The van der Waals surface area contributed by atoms with Crippen LogP contribution in [-0.4, -0.2) is 0 Å². The lowest BCUT2D eigenvalue weighted by Crippen LogP contribution is -2.11. The maximum Gasteiger partial charge on any atom is -0.0291 e. The first kappa shape index (κ1) is 4.89. The molecule has 0 aliphatic heterocycles. The van der Waals surface area contributed by atoms with Crippen LogP contribution < -0.4 is 0 Å². The van der Waals surface area contributed by atoms with E-state index in [0.29, 0.717) is 0 Å². The van der Waals surface area contributed by atoms with E-state index < -0.39 is 0 Å². The second-order valence-electron chi connectivity index (χ2n) is 2.43. The SMILES string of the molecule is C=C1CC(CC)C1. The average molecular weight is 96.2 g/mol. The molecule has 40 valence electrons. The van der Waals surface area contributed by atoms with Crippen molar-refractivity contribution < 1.29 is 0 Å². The molecule has 0 spiro atoms. The van der Waals surface area contributed by atoms with E-state index in [1.807, 2.05) is 0 Å². The van der Waals surface area contributed by atoms with Gasteiger partial charge in [-0.3, -0.25) is 0 Å². The maximum atomic E-state index is 3.86. The molecule has 0 atom stereocenters. The van der Waals surface area contributed by atoms with Gasteiger partial charge in [0.2, 0.25) is 0 Å².